The molecule has 0 fully saturated rings. The molecule has 2 rings (SSSR count). The smallest absolute Gasteiger partial charge is 0.239 e. The number of sulfone groups is 1. The van der Waals surface area contributed by atoms with Gasteiger partial charge in [0.05, 0.1) is 22.7 Å². The SMILES string of the molecule is CSc1ccc(NC(=O)CS(=O)(=O)Cc2cccc(Br)c2)cn1. The van der Waals surface area contributed by atoms with E-state index in [-0.39, 0.29) is 5.75 Å². The van der Waals surface area contributed by atoms with Crippen molar-refractivity contribution in [2.75, 3.05) is 17.3 Å². The lowest BCUT2D eigenvalue weighted by atomic mass is 10.2. The molecule has 0 radical (unpaired) electrons. The van der Waals surface area contributed by atoms with Crippen LogP contribution in [0.3, 0.4) is 0 Å². The first-order valence-corrected chi connectivity index (χ1v) is 10.5. The zero-order valence-electron chi connectivity index (χ0n) is 12.3. The van der Waals surface area contributed by atoms with Crippen LogP contribution in [-0.2, 0) is 20.4 Å². The summed E-state index contributed by atoms with van der Waals surface area (Å²) in [6, 6.07) is 10.5. The van der Waals surface area contributed by atoms with Crippen LogP contribution in [0, 0.1) is 0 Å². The van der Waals surface area contributed by atoms with Crippen LogP contribution >= 0.6 is 27.7 Å². The number of aromatic nitrogens is 1. The highest BCUT2D eigenvalue weighted by atomic mass is 79.9. The second-order valence-corrected chi connectivity index (χ2v) is 8.61. The maximum Gasteiger partial charge on any atom is 0.239 e. The zero-order chi connectivity index (χ0) is 16.9. The van der Waals surface area contributed by atoms with Crippen LogP contribution in [0.1, 0.15) is 5.56 Å². The molecular weight excluding hydrogens is 400 g/mol. The highest BCUT2D eigenvalue weighted by Gasteiger charge is 2.18. The molecule has 0 aliphatic rings. The van der Waals surface area contributed by atoms with Crippen LogP contribution in [0.15, 0.2) is 52.1 Å². The summed E-state index contributed by atoms with van der Waals surface area (Å²) in [4.78, 5) is 16.0. The third-order valence-electron chi connectivity index (χ3n) is 2.86. The molecule has 1 heterocycles. The van der Waals surface area contributed by atoms with E-state index in [2.05, 4.69) is 26.2 Å². The van der Waals surface area contributed by atoms with Gasteiger partial charge < -0.3 is 5.32 Å². The van der Waals surface area contributed by atoms with E-state index >= 15 is 0 Å². The Morgan fingerprint density at radius 1 is 1.30 bits per heavy atom. The van der Waals surface area contributed by atoms with Gasteiger partial charge in [-0.25, -0.2) is 13.4 Å². The fourth-order valence-electron chi connectivity index (χ4n) is 1.90. The van der Waals surface area contributed by atoms with Gasteiger partial charge in [0.25, 0.3) is 0 Å². The number of halogens is 1. The lowest BCUT2D eigenvalue weighted by molar-refractivity contribution is -0.113. The van der Waals surface area contributed by atoms with E-state index in [0.29, 0.717) is 11.3 Å². The van der Waals surface area contributed by atoms with Crippen molar-refractivity contribution in [3.8, 4) is 0 Å². The predicted octanol–water partition coefficient (Wildman–Crippen LogP) is 3.12. The Hall–Kier alpha value is -1.38. The summed E-state index contributed by atoms with van der Waals surface area (Å²) in [5.41, 5.74) is 1.11. The van der Waals surface area contributed by atoms with E-state index in [4.69, 9.17) is 0 Å². The van der Waals surface area contributed by atoms with Gasteiger partial charge in [0, 0.05) is 4.47 Å². The fourth-order valence-corrected chi connectivity index (χ4v) is 3.97. The summed E-state index contributed by atoms with van der Waals surface area (Å²) in [6.07, 6.45) is 3.40. The summed E-state index contributed by atoms with van der Waals surface area (Å²) in [6.45, 7) is 0. The van der Waals surface area contributed by atoms with Gasteiger partial charge in [-0.2, -0.15) is 0 Å². The van der Waals surface area contributed by atoms with Crippen molar-refractivity contribution in [2.24, 2.45) is 0 Å². The van der Waals surface area contributed by atoms with Crippen LogP contribution in [0.5, 0.6) is 0 Å². The van der Waals surface area contributed by atoms with Gasteiger partial charge in [0.1, 0.15) is 5.75 Å². The van der Waals surface area contributed by atoms with Crippen LogP contribution in [0.4, 0.5) is 5.69 Å². The summed E-state index contributed by atoms with van der Waals surface area (Å²) < 4.78 is 25.0. The van der Waals surface area contributed by atoms with Crippen molar-refractivity contribution in [3.05, 3.63) is 52.6 Å². The van der Waals surface area contributed by atoms with Crippen molar-refractivity contribution >= 4 is 49.1 Å². The molecule has 0 spiro atoms. The molecule has 1 aromatic heterocycles. The number of carbonyl (C=O) groups excluding carboxylic acids is 1. The fraction of sp³-hybridized carbons (Fsp3) is 0.200. The lowest BCUT2D eigenvalue weighted by Crippen LogP contribution is -2.24. The molecule has 8 heteroatoms. The Labute approximate surface area is 147 Å². The van der Waals surface area contributed by atoms with Crippen LogP contribution in [-0.4, -0.2) is 31.3 Å². The molecule has 0 aliphatic carbocycles. The van der Waals surface area contributed by atoms with Crippen molar-refractivity contribution < 1.29 is 13.2 Å². The van der Waals surface area contributed by atoms with E-state index in [0.717, 1.165) is 9.50 Å². The minimum atomic E-state index is -3.54. The predicted molar refractivity (Wildman–Crippen MR) is 96.3 cm³/mol. The Kier molecular flexibility index (Phi) is 6.20. The highest BCUT2D eigenvalue weighted by molar-refractivity contribution is 9.10. The lowest BCUT2D eigenvalue weighted by Gasteiger charge is -2.07. The van der Waals surface area contributed by atoms with Gasteiger partial charge in [-0.1, -0.05) is 28.1 Å². The maximum absolute atomic E-state index is 12.1. The standard InChI is InChI=1S/C15H15BrN2O3S2/c1-22-15-6-5-13(8-17-15)18-14(19)10-23(20,21)9-11-3-2-4-12(16)7-11/h2-8H,9-10H2,1H3,(H,18,19). The third kappa shape index (κ3) is 5.96. The van der Waals surface area contributed by atoms with E-state index in [1.807, 2.05) is 12.3 Å². The molecule has 23 heavy (non-hydrogen) atoms. The quantitative estimate of drug-likeness (QED) is 0.734. The average molecular weight is 415 g/mol. The molecule has 122 valence electrons. The topological polar surface area (TPSA) is 76.1 Å². The molecule has 1 N–H and O–H groups in total. The van der Waals surface area contributed by atoms with Crippen LogP contribution in [0.2, 0.25) is 0 Å². The number of pyridine rings is 1. The molecule has 0 atom stereocenters. The molecule has 0 aliphatic heterocycles. The van der Waals surface area contributed by atoms with E-state index in [9.17, 15) is 13.2 Å². The number of hydrogen-bond acceptors (Lipinski definition) is 5. The molecule has 5 nitrogen and oxygen atoms in total. The Morgan fingerprint density at radius 3 is 2.70 bits per heavy atom. The minimum absolute atomic E-state index is 0.177. The molecule has 1 aromatic carbocycles. The second kappa shape index (κ2) is 7.94. The van der Waals surface area contributed by atoms with E-state index in [1.165, 1.54) is 18.0 Å². The molecule has 0 unspecified atom stereocenters. The monoisotopic (exact) mass is 414 g/mol. The zero-order valence-corrected chi connectivity index (χ0v) is 15.5. The first-order chi connectivity index (χ1) is 10.9. The third-order valence-corrected chi connectivity index (χ3v) is 5.48. The number of amides is 1. The number of carbonyl (C=O) groups is 1. The molecule has 0 saturated heterocycles. The molecule has 0 saturated carbocycles. The Balaban J connectivity index is 1.97. The summed E-state index contributed by atoms with van der Waals surface area (Å²) >= 11 is 4.78. The minimum Gasteiger partial charge on any atom is -0.324 e. The normalized spacial score (nSPS) is 11.2. The van der Waals surface area contributed by atoms with Gasteiger partial charge in [-0.3, -0.25) is 4.79 Å². The van der Waals surface area contributed by atoms with Crippen molar-refractivity contribution in [1.82, 2.24) is 4.98 Å². The van der Waals surface area contributed by atoms with E-state index < -0.39 is 21.5 Å². The van der Waals surface area contributed by atoms with E-state index in [1.54, 1.807) is 30.3 Å². The van der Waals surface area contributed by atoms with Gasteiger partial charge in [0.15, 0.2) is 9.84 Å². The number of anilines is 1. The largest absolute Gasteiger partial charge is 0.324 e. The summed E-state index contributed by atoms with van der Waals surface area (Å²) in [7, 11) is -3.54. The number of hydrogen-bond donors (Lipinski definition) is 1. The highest BCUT2D eigenvalue weighted by Crippen LogP contribution is 2.16. The van der Waals surface area contributed by atoms with Crippen LogP contribution in [0.25, 0.3) is 0 Å². The first-order valence-electron chi connectivity index (χ1n) is 6.63. The molecule has 1 amide bonds. The van der Waals surface area contributed by atoms with Gasteiger partial charge >= 0.3 is 0 Å². The molecule has 0 bridgehead atoms. The number of benzene rings is 1. The number of rotatable bonds is 6. The maximum atomic E-state index is 12.1. The average Bonchev–Trinajstić information content (AvgIpc) is 2.46. The van der Waals surface area contributed by atoms with Gasteiger partial charge in [-0.15, -0.1) is 11.8 Å². The number of nitrogens with one attached hydrogen (secondary N) is 1. The Morgan fingerprint density at radius 2 is 2.09 bits per heavy atom. The van der Waals surface area contributed by atoms with Crippen molar-refractivity contribution in [3.63, 3.8) is 0 Å². The van der Waals surface area contributed by atoms with Crippen molar-refractivity contribution in [1.29, 1.82) is 0 Å². The summed E-state index contributed by atoms with van der Waals surface area (Å²) in [5.74, 6) is -1.31. The van der Waals surface area contributed by atoms with Gasteiger partial charge in [-0.05, 0) is 36.1 Å². The number of thioether (sulfide) groups is 1. The second-order valence-electron chi connectivity index (χ2n) is 4.80. The van der Waals surface area contributed by atoms with Crippen LogP contribution < -0.4 is 5.32 Å². The van der Waals surface area contributed by atoms with Crippen molar-refractivity contribution in [2.45, 2.75) is 10.8 Å². The van der Waals surface area contributed by atoms with Gasteiger partial charge in [0.2, 0.25) is 5.91 Å². The molecular formula is C15H15BrN2O3S2. The number of nitrogens with zero attached hydrogens (tertiary/aromatic N) is 1. The summed E-state index contributed by atoms with van der Waals surface area (Å²) in [5, 5.41) is 3.37. The first kappa shape index (κ1) is 18.0. The molecule has 2 aromatic rings. The Bertz CT molecular complexity index is 793.